The average Bonchev–Trinajstić information content (AvgIpc) is 3.30. The summed E-state index contributed by atoms with van der Waals surface area (Å²) < 4.78 is 15.4. The summed E-state index contributed by atoms with van der Waals surface area (Å²) in [5.41, 5.74) is 0.918. The first kappa shape index (κ1) is 16.5. The summed E-state index contributed by atoms with van der Waals surface area (Å²) in [6, 6.07) is 11.2. The molecule has 124 valence electrons. The van der Waals surface area contributed by atoms with Gasteiger partial charge in [-0.15, -0.1) is 0 Å². The van der Waals surface area contributed by atoms with Gasteiger partial charge in [0.05, 0.1) is 25.7 Å². The zero-order chi connectivity index (χ0) is 16.8. The summed E-state index contributed by atoms with van der Waals surface area (Å²) >= 11 is 2.65. The van der Waals surface area contributed by atoms with Crippen molar-refractivity contribution in [2.45, 2.75) is 10.9 Å². The van der Waals surface area contributed by atoms with Crippen molar-refractivity contribution < 1.29 is 13.9 Å². The number of thioether (sulfide) groups is 1. The van der Waals surface area contributed by atoms with Crippen molar-refractivity contribution in [3.05, 3.63) is 48.4 Å². The molecule has 0 saturated carbocycles. The average molecular weight is 361 g/mol. The van der Waals surface area contributed by atoms with Crippen LogP contribution in [-0.4, -0.2) is 28.1 Å². The molecule has 2 aromatic heterocycles. The van der Waals surface area contributed by atoms with E-state index < -0.39 is 0 Å². The Hall–Kier alpha value is -2.32. The van der Waals surface area contributed by atoms with Crippen molar-refractivity contribution in [1.82, 2.24) is 14.7 Å². The molecule has 0 spiro atoms. The SMILES string of the molecule is COc1ccc(-c2nsc(SCC(=O)NCc3ccco3)n2)cc1. The number of aromatic nitrogens is 2. The van der Waals surface area contributed by atoms with E-state index >= 15 is 0 Å². The molecule has 6 nitrogen and oxygen atoms in total. The number of carbonyl (C=O) groups excluding carboxylic acids is 1. The molecule has 0 atom stereocenters. The van der Waals surface area contributed by atoms with E-state index in [1.807, 2.05) is 30.3 Å². The highest BCUT2D eigenvalue weighted by molar-refractivity contribution is 8.01. The second-order valence-electron chi connectivity index (χ2n) is 4.76. The van der Waals surface area contributed by atoms with Crippen LogP contribution in [0.2, 0.25) is 0 Å². The van der Waals surface area contributed by atoms with Gasteiger partial charge in [0.25, 0.3) is 0 Å². The smallest absolute Gasteiger partial charge is 0.230 e. The first-order valence-corrected chi connectivity index (χ1v) is 8.90. The van der Waals surface area contributed by atoms with Crippen molar-refractivity contribution in [1.29, 1.82) is 0 Å². The largest absolute Gasteiger partial charge is 0.497 e. The highest BCUT2D eigenvalue weighted by Gasteiger charge is 2.10. The van der Waals surface area contributed by atoms with E-state index in [-0.39, 0.29) is 11.7 Å². The van der Waals surface area contributed by atoms with E-state index in [0.29, 0.717) is 12.4 Å². The van der Waals surface area contributed by atoms with Gasteiger partial charge in [0.1, 0.15) is 11.5 Å². The first-order valence-electron chi connectivity index (χ1n) is 7.14. The lowest BCUT2D eigenvalue weighted by atomic mass is 10.2. The molecule has 1 N–H and O–H groups in total. The number of rotatable bonds is 7. The number of furan rings is 1. The molecule has 0 saturated heterocycles. The maximum Gasteiger partial charge on any atom is 0.230 e. The van der Waals surface area contributed by atoms with E-state index in [2.05, 4.69) is 14.7 Å². The minimum atomic E-state index is -0.0717. The van der Waals surface area contributed by atoms with Crippen molar-refractivity contribution in [3.8, 4) is 17.1 Å². The number of hydrogen-bond donors (Lipinski definition) is 1. The Morgan fingerprint density at radius 3 is 2.88 bits per heavy atom. The summed E-state index contributed by atoms with van der Waals surface area (Å²) in [6.45, 7) is 0.389. The van der Waals surface area contributed by atoms with E-state index in [1.165, 1.54) is 23.3 Å². The third kappa shape index (κ3) is 4.36. The van der Waals surface area contributed by atoms with Crippen LogP contribution in [0.25, 0.3) is 11.4 Å². The number of nitrogens with zero attached hydrogens (tertiary/aromatic N) is 2. The predicted molar refractivity (Wildman–Crippen MR) is 93.2 cm³/mol. The summed E-state index contributed by atoms with van der Waals surface area (Å²) in [6.07, 6.45) is 1.58. The van der Waals surface area contributed by atoms with Crippen LogP contribution >= 0.6 is 23.3 Å². The van der Waals surface area contributed by atoms with Gasteiger partial charge in [-0.05, 0) is 47.9 Å². The number of nitrogens with one attached hydrogen (secondary N) is 1. The van der Waals surface area contributed by atoms with Gasteiger partial charge in [-0.1, -0.05) is 11.8 Å². The van der Waals surface area contributed by atoms with E-state index in [9.17, 15) is 4.79 Å². The highest BCUT2D eigenvalue weighted by atomic mass is 32.2. The van der Waals surface area contributed by atoms with Gasteiger partial charge in [-0.2, -0.15) is 4.37 Å². The number of ether oxygens (including phenoxy) is 1. The van der Waals surface area contributed by atoms with Crippen LogP contribution in [0.1, 0.15) is 5.76 Å². The van der Waals surface area contributed by atoms with Crippen molar-refractivity contribution >= 4 is 29.2 Å². The maximum atomic E-state index is 11.8. The molecule has 0 bridgehead atoms. The minimum absolute atomic E-state index is 0.0717. The van der Waals surface area contributed by atoms with E-state index in [0.717, 1.165) is 21.4 Å². The van der Waals surface area contributed by atoms with Crippen molar-refractivity contribution in [3.63, 3.8) is 0 Å². The molecule has 0 radical (unpaired) electrons. The van der Waals surface area contributed by atoms with Crippen molar-refractivity contribution in [2.24, 2.45) is 0 Å². The fourth-order valence-corrected chi connectivity index (χ4v) is 3.35. The third-order valence-electron chi connectivity index (χ3n) is 3.12. The second kappa shape index (κ2) is 7.98. The molecule has 8 heteroatoms. The Labute approximate surface area is 147 Å². The van der Waals surface area contributed by atoms with Gasteiger partial charge in [0.2, 0.25) is 5.91 Å². The molecule has 0 aliphatic rings. The van der Waals surface area contributed by atoms with Crippen LogP contribution in [0.4, 0.5) is 0 Å². The second-order valence-corrected chi connectivity index (χ2v) is 6.73. The first-order chi connectivity index (χ1) is 11.7. The minimum Gasteiger partial charge on any atom is -0.497 e. The Bertz CT molecular complexity index is 785. The number of hydrogen-bond acceptors (Lipinski definition) is 7. The van der Waals surface area contributed by atoms with Gasteiger partial charge in [0.15, 0.2) is 10.2 Å². The maximum absolute atomic E-state index is 11.8. The van der Waals surface area contributed by atoms with Crippen LogP contribution in [0.5, 0.6) is 5.75 Å². The summed E-state index contributed by atoms with van der Waals surface area (Å²) in [4.78, 5) is 16.3. The highest BCUT2D eigenvalue weighted by Crippen LogP contribution is 2.26. The molecule has 2 heterocycles. The lowest BCUT2D eigenvalue weighted by Crippen LogP contribution is -2.24. The fraction of sp³-hybridized carbons (Fsp3) is 0.188. The number of amides is 1. The van der Waals surface area contributed by atoms with E-state index in [1.54, 1.807) is 19.4 Å². The quantitative estimate of drug-likeness (QED) is 0.651. The standard InChI is InChI=1S/C16H15N3O3S2/c1-21-12-6-4-11(5-7-12)15-18-16(24-19-15)23-10-14(20)17-9-13-3-2-8-22-13/h2-8H,9-10H2,1H3,(H,17,20). The molecule has 1 aromatic carbocycles. The van der Waals surface area contributed by atoms with Gasteiger partial charge in [-0.3, -0.25) is 4.79 Å². The molecule has 3 aromatic rings. The molecule has 0 aliphatic carbocycles. The topological polar surface area (TPSA) is 77.2 Å². The zero-order valence-corrected chi connectivity index (χ0v) is 14.5. The zero-order valence-electron chi connectivity index (χ0n) is 12.9. The summed E-state index contributed by atoms with van der Waals surface area (Å²) in [7, 11) is 1.63. The summed E-state index contributed by atoms with van der Waals surface area (Å²) in [5.74, 6) is 2.39. The summed E-state index contributed by atoms with van der Waals surface area (Å²) in [5, 5.41) is 2.80. The Kier molecular flexibility index (Phi) is 5.50. The van der Waals surface area contributed by atoms with Gasteiger partial charge >= 0.3 is 0 Å². The molecule has 1 amide bonds. The molecule has 0 unspecified atom stereocenters. The van der Waals surface area contributed by atoms with Gasteiger partial charge in [0, 0.05) is 5.56 Å². The van der Waals surface area contributed by atoms with Gasteiger partial charge in [-0.25, -0.2) is 4.98 Å². The van der Waals surface area contributed by atoms with Crippen LogP contribution < -0.4 is 10.1 Å². The van der Waals surface area contributed by atoms with Crippen LogP contribution in [0.15, 0.2) is 51.4 Å². The normalized spacial score (nSPS) is 10.5. The lowest BCUT2D eigenvalue weighted by molar-refractivity contribution is -0.118. The van der Waals surface area contributed by atoms with Crippen LogP contribution in [0, 0.1) is 0 Å². The molecular weight excluding hydrogens is 346 g/mol. The Balaban J connectivity index is 1.51. The van der Waals surface area contributed by atoms with Crippen LogP contribution in [-0.2, 0) is 11.3 Å². The predicted octanol–water partition coefficient (Wildman–Crippen LogP) is 3.22. The monoisotopic (exact) mass is 361 g/mol. The van der Waals surface area contributed by atoms with Crippen molar-refractivity contribution in [2.75, 3.05) is 12.9 Å². The van der Waals surface area contributed by atoms with E-state index in [4.69, 9.17) is 9.15 Å². The lowest BCUT2D eigenvalue weighted by Gasteiger charge is -2.01. The number of carbonyl (C=O) groups is 1. The van der Waals surface area contributed by atoms with Crippen LogP contribution in [0.3, 0.4) is 0 Å². The Morgan fingerprint density at radius 1 is 1.33 bits per heavy atom. The molecular formula is C16H15N3O3S2. The van der Waals surface area contributed by atoms with Gasteiger partial charge < -0.3 is 14.5 Å². The molecule has 24 heavy (non-hydrogen) atoms. The Morgan fingerprint density at radius 2 is 2.17 bits per heavy atom. The fourth-order valence-electron chi connectivity index (χ4n) is 1.90. The molecule has 3 rings (SSSR count). The molecule has 0 aliphatic heterocycles. The third-order valence-corrected chi connectivity index (χ3v) is 4.96. The molecule has 0 fully saturated rings. The number of benzene rings is 1. The number of methoxy groups -OCH3 is 1.